The highest BCUT2D eigenvalue weighted by atomic mass is 35.5. The molecule has 0 bridgehead atoms. The van der Waals surface area contributed by atoms with Crippen LogP contribution in [0.4, 0.5) is 4.39 Å². The summed E-state index contributed by atoms with van der Waals surface area (Å²) in [6.07, 6.45) is 9.67. The van der Waals surface area contributed by atoms with Crippen LogP contribution in [0, 0.1) is 11.2 Å². The Bertz CT molecular complexity index is 1870. The van der Waals surface area contributed by atoms with Crippen LogP contribution < -0.4 is 0 Å². The van der Waals surface area contributed by atoms with Crippen molar-refractivity contribution < 1.29 is 17.6 Å². The van der Waals surface area contributed by atoms with Crippen LogP contribution in [0.15, 0.2) is 77.6 Å². The van der Waals surface area contributed by atoms with Gasteiger partial charge in [0.15, 0.2) is 5.78 Å². The molecular weight excluding hydrogens is 612 g/mol. The molecule has 2 atom stereocenters. The van der Waals surface area contributed by atoms with Crippen molar-refractivity contribution in [3.8, 4) is 5.69 Å². The van der Waals surface area contributed by atoms with Gasteiger partial charge in [-0.05, 0) is 98.7 Å². The number of aromatic nitrogens is 4. The molecule has 0 saturated heterocycles. The summed E-state index contributed by atoms with van der Waals surface area (Å²) in [4.78, 5) is 23.0. The standard InChI is InChI=1S/C31H26Cl2FN5O3S/c32-21-11-12-35-27(14-21)30(40)31-15-19-17-37-38(23-5-2-22(34)3-6-23)28(19)13-20(31)1-4-25(16-31)39(24-7-8-24)43(41,42)26-9-10-29(33)36-18-26/h2-3,5-6,9-14,17-18,24-25H,1,4,7-8,15-16H2/t25-,31-/m0/s1. The molecule has 3 heterocycles. The zero-order chi connectivity index (χ0) is 29.9. The number of halogens is 3. The predicted molar refractivity (Wildman–Crippen MR) is 160 cm³/mol. The van der Waals surface area contributed by atoms with E-state index < -0.39 is 21.5 Å². The molecule has 0 amide bonds. The van der Waals surface area contributed by atoms with Crippen LogP contribution >= 0.6 is 23.2 Å². The van der Waals surface area contributed by atoms with Gasteiger partial charge in [-0.1, -0.05) is 28.8 Å². The second kappa shape index (κ2) is 10.6. The molecule has 12 heteroatoms. The van der Waals surface area contributed by atoms with E-state index in [1.165, 1.54) is 36.7 Å². The zero-order valence-corrected chi connectivity index (χ0v) is 25.2. The summed E-state index contributed by atoms with van der Waals surface area (Å²) in [5.41, 5.74) is 2.44. The maximum Gasteiger partial charge on any atom is 0.245 e. The Balaban J connectivity index is 1.32. The molecule has 0 aliphatic heterocycles. The number of Topliss-reactive ketones (excluding diaryl/α,β-unsaturated/α-hetero) is 1. The van der Waals surface area contributed by atoms with E-state index >= 15 is 0 Å². The fourth-order valence-corrected chi connectivity index (χ4v) is 8.64. The molecule has 2 saturated carbocycles. The number of sulfonamides is 1. The van der Waals surface area contributed by atoms with Gasteiger partial charge in [0.2, 0.25) is 10.0 Å². The topological polar surface area (TPSA) is 98.0 Å². The molecule has 2 fully saturated rings. The monoisotopic (exact) mass is 637 g/mol. The van der Waals surface area contributed by atoms with Crippen LogP contribution in [-0.4, -0.2) is 50.3 Å². The van der Waals surface area contributed by atoms with Crippen LogP contribution in [0.1, 0.15) is 53.8 Å². The third-order valence-electron chi connectivity index (χ3n) is 8.64. The molecule has 0 N–H and O–H groups in total. The van der Waals surface area contributed by atoms with Crippen LogP contribution in [0.2, 0.25) is 10.2 Å². The number of ketones is 1. The Kier molecular flexibility index (Phi) is 7.00. The van der Waals surface area contributed by atoms with Gasteiger partial charge in [0.1, 0.15) is 21.6 Å². The fraction of sp³-hybridized carbons (Fsp3) is 0.290. The lowest BCUT2D eigenvalue weighted by molar-refractivity contribution is 0.0733. The molecule has 220 valence electrons. The molecule has 0 radical (unpaired) electrons. The van der Waals surface area contributed by atoms with E-state index in [0.29, 0.717) is 30.0 Å². The number of hydrogen-bond donors (Lipinski definition) is 0. The molecule has 8 nitrogen and oxygen atoms in total. The minimum absolute atomic E-state index is 0.0773. The third-order valence-corrected chi connectivity index (χ3v) is 11.1. The Hall–Kier alpha value is -3.44. The molecule has 0 spiro atoms. The molecule has 1 aromatic carbocycles. The highest BCUT2D eigenvalue weighted by Gasteiger charge is 2.53. The summed E-state index contributed by atoms with van der Waals surface area (Å²) >= 11 is 12.2. The molecule has 4 aromatic rings. The number of fused-ring (bicyclic) bond motifs is 2. The Labute approximate surface area is 258 Å². The Morgan fingerprint density at radius 3 is 2.49 bits per heavy atom. The van der Waals surface area contributed by atoms with Gasteiger partial charge in [-0.25, -0.2) is 22.5 Å². The van der Waals surface area contributed by atoms with Crippen molar-refractivity contribution in [3.05, 3.63) is 106 Å². The smallest absolute Gasteiger partial charge is 0.245 e. The molecule has 3 aliphatic carbocycles. The van der Waals surface area contributed by atoms with Crippen LogP contribution in [-0.2, 0) is 16.4 Å². The van der Waals surface area contributed by atoms with Gasteiger partial charge < -0.3 is 0 Å². The fourth-order valence-electron chi connectivity index (χ4n) is 6.52. The number of nitrogens with zero attached hydrogens (tertiary/aromatic N) is 5. The summed E-state index contributed by atoms with van der Waals surface area (Å²) in [7, 11) is -3.91. The second-order valence-corrected chi connectivity index (χ2v) is 14.0. The quantitative estimate of drug-likeness (QED) is 0.174. The molecule has 3 aliphatic rings. The van der Waals surface area contributed by atoms with E-state index in [2.05, 4.69) is 15.1 Å². The lowest BCUT2D eigenvalue weighted by Crippen LogP contribution is -2.51. The number of carbonyl (C=O) groups excluding carboxylic acids is 1. The van der Waals surface area contributed by atoms with Crippen molar-refractivity contribution in [2.45, 2.75) is 55.5 Å². The average Bonchev–Trinajstić information content (AvgIpc) is 3.74. The van der Waals surface area contributed by atoms with Crippen LogP contribution in [0.3, 0.4) is 0 Å². The highest BCUT2D eigenvalue weighted by Crippen LogP contribution is 2.52. The van der Waals surface area contributed by atoms with Crippen molar-refractivity contribution in [2.24, 2.45) is 5.41 Å². The minimum atomic E-state index is -3.91. The first-order valence-electron chi connectivity index (χ1n) is 14.0. The van der Waals surface area contributed by atoms with Gasteiger partial charge in [-0.3, -0.25) is 9.78 Å². The SMILES string of the molecule is O=C(c1cc(Cl)ccn1)[C@]12Cc3cnn(-c4ccc(F)cc4)c3C=C1CC[C@H](N(C1CC1)S(=O)(=O)c1ccc(Cl)nc1)C2. The molecular formula is C31H26Cl2FN5O3S. The Morgan fingerprint density at radius 1 is 1.00 bits per heavy atom. The summed E-state index contributed by atoms with van der Waals surface area (Å²) in [6, 6.07) is 11.6. The van der Waals surface area contributed by atoms with Crippen molar-refractivity contribution in [3.63, 3.8) is 0 Å². The summed E-state index contributed by atoms with van der Waals surface area (Å²) < 4.78 is 45.0. The van der Waals surface area contributed by atoms with Gasteiger partial charge in [-0.2, -0.15) is 9.40 Å². The second-order valence-electron chi connectivity index (χ2n) is 11.3. The number of hydrogen-bond acceptors (Lipinski definition) is 6. The first-order chi connectivity index (χ1) is 20.7. The lowest BCUT2D eigenvalue weighted by Gasteiger charge is -2.46. The van der Waals surface area contributed by atoms with Crippen LogP contribution in [0.5, 0.6) is 0 Å². The lowest BCUT2D eigenvalue weighted by atomic mass is 9.60. The van der Waals surface area contributed by atoms with Gasteiger partial charge in [0, 0.05) is 29.5 Å². The van der Waals surface area contributed by atoms with E-state index in [-0.39, 0.29) is 39.8 Å². The number of allylic oxidation sites excluding steroid dienone is 1. The zero-order valence-electron chi connectivity index (χ0n) is 22.8. The van der Waals surface area contributed by atoms with E-state index in [0.717, 1.165) is 29.7 Å². The maximum atomic E-state index is 14.5. The molecule has 43 heavy (non-hydrogen) atoms. The van der Waals surface area contributed by atoms with E-state index in [1.54, 1.807) is 39.4 Å². The maximum absolute atomic E-state index is 14.5. The first kappa shape index (κ1) is 28.3. The van der Waals surface area contributed by atoms with Gasteiger partial charge in [0.05, 0.1) is 23.0 Å². The van der Waals surface area contributed by atoms with Crippen molar-refractivity contribution in [1.82, 2.24) is 24.1 Å². The van der Waals surface area contributed by atoms with E-state index in [4.69, 9.17) is 23.2 Å². The number of carbonyl (C=O) groups is 1. The van der Waals surface area contributed by atoms with Crippen LogP contribution in [0.25, 0.3) is 11.8 Å². The number of pyridine rings is 2. The first-order valence-corrected chi connectivity index (χ1v) is 16.2. The van der Waals surface area contributed by atoms with E-state index in [1.807, 2.05) is 6.08 Å². The van der Waals surface area contributed by atoms with Gasteiger partial charge in [0.25, 0.3) is 0 Å². The number of benzene rings is 1. The van der Waals surface area contributed by atoms with E-state index in [9.17, 15) is 17.6 Å². The highest BCUT2D eigenvalue weighted by molar-refractivity contribution is 7.89. The van der Waals surface area contributed by atoms with Crippen molar-refractivity contribution >= 4 is 45.1 Å². The summed E-state index contributed by atoms with van der Waals surface area (Å²) in [5.74, 6) is -0.544. The third kappa shape index (κ3) is 5.00. The molecule has 0 unspecified atom stereocenters. The number of rotatable bonds is 7. The van der Waals surface area contributed by atoms with Crippen molar-refractivity contribution in [1.29, 1.82) is 0 Å². The normalized spacial score (nSPS) is 21.7. The summed E-state index contributed by atoms with van der Waals surface area (Å²) in [5, 5.41) is 5.19. The molecule has 7 rings (SSSR count). The minimum Gasteiger partial charge on any atom is -0.291 e. The van der Waals surface area contributed by atoms with Crippen molar-refractivity contribution in [2.75, 3.05) is 0 Å². The van der Waals surface area contributed by atoms with Gasteiger partial charge in [-0.15, -0.1) is 0 Å². The average molecular weight is 639 g/mol. The largest absolute Gasteiger partial charge is 0.291 e. The van der Waals surface area contributed by atoms with Gasteiger partial charge >= 0.3 is 0 Å². The summed E-state index contributed by atoms with van der Waals surface area (Å²) in [6.45, 7) is 0. The molecule has 3 aromatic heterocycles. The Morgan fingerprint density at radius 2 is 1.79 bits per heavy atom. The predicted octanol–water partition coefficient (Wildman–Crippen LogP) is 6.32.